The van der Waals surface area contributed by atoms with Gasteiger partial charge in [-0.05, 0) is 13.8 Å². The molecule has 0 N–H and O–H groups in total. The van der Waals surface area contributed by atoms with Crippen LogP contribution in [0.25, 0.3) is 0 Å². The Bertz CT molecular complexity index is 487. The third-order valence-electron chi connectivity index (χ3n) is 3.50. The summed E-state index contributed by atoms with van der Waals surface area (Å²) in [5.74, 6) is 1.08. The fourth-order valence-electron chi connectivity index (χ4n) is 2.03. The van der Waals surface area contributed by atoms with Crippen LogP contribution < -0.4 is 0 Å². The summed E-state index contributed by atoms with van der Waals surface area (Å²) in [5, 5.41) is 12.8. The maximum atomic E-state index is 5.71. The van der Waals surface area contributed by atoms with Crippen LogP contribution >= 0.6 is 0 Å². The van der Waals surface area contributed by atoms with Crippen molar-refractivity contribution in [2.45, 2.75) is 32.3 Å². The maximum Gasteiger partial charge on any atom is 0.195 e. The normalized spacial score (nSPS) is 14.4. The van der Waals surface area contributed by atoms with Crippen molar-refractivity contribution in [3.8, 4) is 0 Å². The Morgan fingerprint density at radius 3 is 1.69 bits per heavy atom. The van der Waals surface area contributed by atoms with Crippen LogP contribution in [0, 0.1) is 0 Å². The predicted molar refractivity (Wildman–Crippen MR) is 94.2 cm³/mol. The van der Waals surface area contributed by atoms with Crippen molar-refractivity contribution in [2.75, 3.05) is 54.9 Å². The van der Waals surface area contributed by atoms with E-state index in [-0.39, 0.29) is 12.2 Å². The SMILES string of the molecule is COCCO[C@@H](C)c1nnc([C@H](C)OCCOC)n1/N=C/C(OC)OC. The zero-order valence-electron chi connectivity index (χ0n) is 16.4. The van der Waals surface area contributed by atoms with Gasteiger partial charge >= 0.3 is 0 Å². The van der Waals surface area contributed by atoms with Crippen molar-refractivity contribution >= 4 is 6.21 Å². The molecule has 0 aliphatic carbocycles. The molecule has 0 saturated carbocycles. The van der Waals surface area contributed by atoms with Gasteiger partial charge in [0.2, 0.25) is 0 Å². The molecule has 0 saturated heterocycles. The highest BCUT2D eigenvalue weighted by molar-refractivity contribution is 5.61. The molecule has 0 aliphatic heterocycles. The molecule has 0 bridgehead atoms. The molecule has 2 atom stereocenters. The van der Waals surface area contributed by atoms with Gasteiger partial charge in [-0.2, -0.15) is 9.78 Å². The number of methoxy groups -OCH3 is 4. The first-order valence-corrected chi connectivity index (χ1v) is 8.35. The highest BCUT2D eigenvalue weighted by atomic mass is 16.7. The minimum absolute atomic E-state index is 0.335. The second kappa shape index (κ2) is 12.8. The van der Waals surface area contributed by atoms with Crippen LogP contribution in [0.1, 0.15) is 37.7 Å². The summed E-state index contributed by atoms with van der Waals surface area (Å²) in [6, 6.07) is 0. The maximum absolute atomic E-state index is 5.71. The molecular weight excluding hydrogens is 344 g/mol. The molecule has 0 radical (unpaired) electrons. The quantitative estimate of drug-likeness (QED) is 0.272. The summed E-state index contributed by atoms with van der Waals surface area (Å²) in [7, 11) is 6.30. The number of ether oxygens (including phenoxy) is 6. The number of hydrogen-bond acceptors (Lipinski definition) is 9. The molecule has 1 aromatic rings. The van der Waals surface area contributed by atoms with Gasteiger partial charge in [-0.1, -0.05) is 0 Å². The molecule has 0 fully saturated rings. The van der Waals surface area contributed by atoms with E-state index < -0.39 is 6.29 Å². The lowest BCUT2D eigenvalue weighted by molar-refractivity contribution is -0.0488. The monoisotopic (exact) mass is 374 g/mol. The van der Waals surface area contributed by atoms with Crippen LogP contribution in [-0.4, -0.2) is 82.2 Å². The van der Waals surface area contributed by atoms with Crippen LogP contribution in [0.5, 0.6) is 0 Å². The Balaban J connectivity index is 3.01. The van der Waals surface area contributed by atoms with E-state index in [0.29, 0.717) is 38.1 Å². The molecule has 1 heterocycles. The topological polar surface area (TPSA) is 98.5 Å². The van der Waals surface area contributed by atoms with Gasteiger partial charge in [0, 0.05) is 28.4 Å². The Kier molecular flexibility index (Phi) is 11.2. The van der Waals surface area contributed by atoms with Crippen molar-refractivity contribution in [1.82, 2.24) is 14.9 Å². The van der Waals surface area contributed by atoms with Gasteiger partial charge in [-0.15, -0.1) is 10.2 Å². The van der Waals surface area contributed by atoms with Crippen molar-refractivity contribution in [3.63, 3.8) is 0 Å². The highest BCUT2D eigenvalue weighted by Crippen LogP contribution is 2.21. The summed E-state index contributed by atoms with van der Waals surface area (Å²) >= 11 is 0. The minimum atomic E-state index is -0.590. The first-order valence-electron chi connectivity index (χ1n) is 8.35. The standard InChI is InChI=1S/C16H30N4O6/c1-12(25-9-7-21-3)15-18-19-16(13(2)26-10-8-22-4)20(15)17-11-14(23-5)24-6/h11-14H,7-10H2,1-6H3/b17-11+/t12-,13-/m0/s1. The van der Waals surface area contributed by atoms with Gasteiger partial charge in [-0.25, -0.2) is 0 Å². The van der Waals surface area contributed by atoms with E-state index in [1.54, 1.807) is 18.9 Å². The molecule has 0 unspecified atom stereocenters. The molecule has 10 nitrogen and oxygen atoms in total. The van der Waals surface area contributed by atoms with Crippen molar-refractivity contribution < 1.29 is 28.4 Å². The van der Waals surface area contributed by atoms with Crippen LogP contribution in [-0.2, 0) is 28.4 Å². The van der Waals surface area contributed by atoms with Crippen LogP contribution in [0.15, 0.2) is 5.10 Å². The van der Waals surface area contributed by atoms with Crippen molar-refractivity contribution in [2.24, 2.45) is 5.10 Å². The summed E-state index contributed by atoms with van der Waals surface area (Å²) in [5.41, 5.74) is 0. The Labute approximate surface area is 154 Å². The first-order chi connectivity index (χ1) is 12.6. The lowest BCUT2D eigenvalue weighted by atomic mass is 10.3. The van der Waals surface area contributed by atoms with Gasteiger partial charge in [0.05, 0.1) is 32.6 Å². The van der Waals surface area contributed by atoms with Gasteiger partial charge < -0.3 is 28.4 Å². The molecule has 0 aliphatic rings. The fourth-order valence-corrected chi connectivity index (χ4v) is 2.03. The summed E-state index contributed by atoms with van der Waals surface area (Å²) in [4.78, 5) is 0. The highest BCUT2D eigenvalue weighted by Gasteiger charge is 2.22. The van der Waals surface area contributed by atoms with E-state index in [4.69, 9.17) is 28.4 Å². The van der Waals surface area contributed by atoms with E-state index in [9.17, 15) is 0 Å². The molecule has 0 aromatic carbocycles. The predicted octanol–water partition coefficient (Wildman–Crippen LogP) is 1.18. The first kappa shape index (κ1) is 22.6. The molecule has 1 aromatic heterocycles. The van der Waals surface area contributed by atoms with Crippen molar-refractivity contribution in [3.05, 3.63) is 11.6 Å². The molecule has 26 heavy (non-hydrogen) atoms. The number of aromatic nitrogens is 3. The number of hydrogen-bond donors (Lipinski definition) is 0. The molecule has 1 rings (SSSR count). The molecule has 150 valence electrons. The Morgan fingerprint density at radius 2 is 1.31 bits per heavy atom. The largest absolute Gasteiger partial charge is 0.382 e. The third-order valence-corrected chi connectivity index (χ3v) is 3.50. The van der Waals surface area contributed by atoms with E-state index >= 15 is 0 Å². The lowest BCUT2D eigenvalue weighted by Gasteiger charge is -2.15. The van der Waals surface area contributed by atoms with E-state index in [2.05, 4.69) is 15.3 Å². The third kappa shape index (κ3) is 7.06. The summed E-state index contributed by atoms with van der Waals surface area (Å²) < 4.78 is 33.3. The van der Waals surface area contributed by atoms with Crippen LogP contribution in [0.3, 0.4) is 0 Å². The zero-order valence-corrected chi connectivity index (χ0v) is 16.4. The molecular formula is C16H30N4O6. The summed E-state index contributed by atoms with van der Waals surface area (Å²) in [6.45, 7) is 5.58. The van der Waals surface area contributed by atoms with Crippen LogP contribution in [0.4, 0.5) is 0 Å². The van der Waals surface area contributed by atoms with Crippen LogP contribution in [0.2, 0.25) is 0 Å². The number of rotatable bonds is 14. The Hall–Kier alpha value is -1.43. The van der Waals surface area contributed by atoms with Gasteiger partial charge in [0.25, 0.3) is 0 Å². The van der Waals surface area contributed by atoms with E-state index in [1.165, 1.54) is 20.4 Å². The second-order valence-electron chi connectivity index (χ2n) is 5.34. The average molecular weight is 374 g/mol. The van der Waals surface area contributed by atoms with Gasteiger partial charge in [0.1, 0.15) is 12.2 Å². The molecule has 0 amide bonds. The Morgan fingerprint density at radius 1 is 0.846 bits per heavy atom. The lowest BCUT2D eigenvalue weighted by Crippen LogP contribution is -2.18. The van der Waals surface area contributed by atoms with E-state index in [0.717, 1.165) is 0 Å². The fraction of sp³-hybridized carbons (Fsp3) is 0.812. The molecule has 0 spiro atoms. The van der Waals surface area contributed by atoms with Gasteiger partial charge in [-0.3, -0.25) is 0 Å². The summed E-state index contributed by atoms with van der Waals surface area (Å²) in [6.07, 6.45) is 0.254. The zero-order chi connectivity index (χ0) is 19.4. The van der Waals surface area contributed by atoms with E-state index in [1.807, 2.05) is 13.8 Å². The average Bonchev–Trinajstić information content (AvgIpc) is 3.07. The minimum Gasteiger partial charge on any atom is -0.382 e. The second-order valence-corrected chi connectivity index (χ2v) is 5.34. The molecule has 10 heteroatoms. The number of nitrogens with zero attached hydrogens (tertiary/aromatic N) is 4. The van der Waals surface area contributed by atoms with Crippen molar-refractivity contribution in [1.29, 1.82) is 0 Å². The van der Waals surface area contributed by atoms with Gasteiger partial charge in [0.15, 0.2) is 17.9 Å². The smallest absolute Gasteiger partial charge is 0.195 e.